The number of benzene rings is 3. The van der Waals surface area contributed by atoms with E-state index in [1.807, 2.05) is 48.2 Å². The van der Waals surface area contributed by atoms with Crippen LogP contribution in [0.4, 0.5) is 17.2 Å². The second-order valence-electron chi connectivity index (χ2n) is 11.4. The molecule has 3 heterocycles. The van der Waals surface area contributed by atoms with E-state index in [1.54, 1.807) is 42.4 Å². The smallest absolute Gasteiger partial charge is 0.293 e. The van der Waals surface area contributed by atoms with E-state index in [2.05, 4.69) is 18.3 Å². The van der Waals surface area contributed by atoms with Crippen molar-refractivity contribution < 1.29 is 14.3 Å². The highest BCUT2D eigenvalue weighted by molar-refractivity contribution is 6.11. The summed E-state index contributed by atoms with van der Waals surface area (Å²) in [5.41, 5.74) is 5.98. The molecule has 1 unspecified atom stereocenters. The van der Waals surface area contributed by atoms with Gasteiger partial charge in [-0.3, -0.25) is 14.4 Å². The summed E-state index contributed by atoms with van der Waals surface area (Å²) < 4.78 is 6.86. The zero-order valence-corrected chi connectivity index (χ0v) is 25.4. The van der Waals surface area contributed by atoms with Gasteiger partial charge >= 0.3 is 0 Å². The first-order valence-corrected chi connectivity index (χ1v) is 15.2. The fourth-order valence-electron chi connectivity index (χ4n) is 6.11. The van der Waals surface area contributed by atoms with Crippen molar-refractivity contribution in [1.82, 2.24) is 14.5 Å². The average Bonchev–Trinajstić information content (AvgIpc) is 3.33. The Kier molecular flexibility index (Phi) is 8.30. The lowest BCUT2D eigenvalue weighted by atomic mass is 9.98. The zero-order chi connectivity index (χ0) is 30.8. The number of amides is 2. The molecule has 2 amide bonds. The third kappa shape index (κ3) is 5.51. The number of morpholine rings is 1. The lowest BCUT2D eigenvalue weighted by molar-refractivity contribution is 0.0303. The molecular weight excluding hydrogens is 554 g/mol. The number of aryl methyl sites for hydroxylation is 1. The van der Waals surface area contributed by atoms with Crippen molar-refractivity contribution in [3.05, 3.63) is 106 Å². The number of nitrogens with one attached hydrogen (secondary N) is 1. The number of ether oxygens (including phenoxy) is 1. The minimum atomic E-state index is -0.277. The van der Waals surface area contributed by atoms with Crippen molar-refractivity contribution in [1.29, 1.82) is 0 Å². The molecule has 44 heavy (non-hydrogen) atoms. The molecule has 1 fully saturated rings. The summed E-state index contributed by atoms with van der Waals surface area (Å²) in [6, 6.07) is 20.8. The van der Waals surface area contributed by atoms with E-state index >= 15 is 0 Å². The summed E-state index contributed by atoms with van der Waals surface area (Å²) in [5.74, 6) is 0.142. The number of aromatic nitrogens is 2. The Bertz CT molecular complexity index is 1760. The molecule has 1 saturated heterocycles. The molecule has 1 N–H and O–H groups in total. The van der Waals surface area contributed by atoms with Gasteiger partial charge in [0, 0.05) is 54.4 Å². The van der Waals surface area contributed by atoms with Gasteiger partial charge in [0.05, 0.1) is 24.9 Å². The third-order valence-corrected chi connectivity index (χ3v) is 8.52. The lowest BCUT2D eigenvalue weighted by Crippen LogP contribution is -2.40. The highest BCUT2D eigenvalue weighted by Gasteiger charge is 2.37. The molecule has 1 aromatic heterocycles. The predicted molar refractivity (Wildman–Crippen MR) is 172 cm³/mol. The fraction of sp³-hybridized carbons (Fsp3) is 0.314. The fourth-order valence-corrected chi connectivity index (χ4v) is 6.11. The van der Waals surface area contributed by atoms with E-state index in [0.717, 1.165) is 47.2 Å². The summed E-state index contributed by atoms with van der Waals surface area (Å²) in [4.78, 5) is 48.1. The van der Waals surface area contributed by atoms with E-state index in [9.17, 15) is 14.4 Å². The number of nitrogens with zero attached hydrogens (tertiary/aromatic N) is 4. The number of unbranched alkanes of at least 4 members (excludes halogenated alkanes) is 1. The topological polar surface area (TPSA) is 96.8 Å². The molecule has 9 heteroatoms. The maximum atomic E-state index is 13.7. The van der Waals surface area contributed by atoms with Gasteiger partial charge in [0.15, 0.2) is 5.82 Å². The van der Waals surface area contributed by atoms with Gasteiger partial charge in [-0.2, -0.15) is 0 Å². The number of carbonyl (C=O) groups is 2. The Morgan fingerprint density at radius 3 is 2.45 bits per heavy atom. The molecule has 0 radical (unpaired) electrons. The van der Waals surface area contributed by atoms with Crippen LogP contribution >= 0.6 is 0 Å². The number of fused-ring (bicyclic) bond motifs is 1. The number of carbonyl (C=O) groups excluding carboxylic acids is 2. The Labute approximate surface area is 257 Å². The first-order chi connectivity index (χ1) is 21.4. The standard InChI is InChI=1S/C35H37N5O4/c1-4-5-12-31-27-9-6-7-10-28(27)34(42)40(31)30-13-8-11-26(23(30)2)29-22-38(3)35(43)32(37-29)36-25-16-14-24(15-17-25)33(41)39-18-20-44-21-19-39/h6-11,13-17,22,31H,4-5,12,18-21H2,1-3H3,(H,36,37). The summed E-state index contributed by atoms with van der Waals surface area (Å²) in [6.07, 6.45) is 4.66. The van der Waals surface area contributed by atoms with Gasteiger partial charge in [-0.05, 0) is 60.9 Å². The average molecular weight is 592 g/mol. The largest absolute Gasteiger partial charge is 0.378 e. The minimum Gasteiger partial charge on any atom is -0.378 e. The van der Waals surface area contributed by atoms with E-state index in [0.29, 0.717) is 43.2 Å². The highest BCUT2D eigenvalue weighted by atomic mass is 16.5. The first kappa shape index (κ1) is 29.3. The van der Waals surface area contributed by atoms with Crippen LogP contribution in [0, 0.1) is 6.92 Å². The normalized spacial score (nSPS) is 16.2. The molecule has 9 nitrogen and oxygen atoms in total. The Morgan fingerprint density at radius 1 is 0.977 bits per heavy atom. The molecule has 4 aromatic rings. The molecule has 0 bridgehead atoms. The number of hydrogen-bond acceptors (Lipinski definition) is 6. The van der Waals surface area contributed by atoms with Crippen LogP contribution in [0.15, 0.2) is 77.7 Å². The highest BCUT2D eigenvalue weighted by Crippen LogP contribution is 2.43. The summed E-state index contributed by atoms with van der Waals surface area (Å²) >= 11 is 0. The van der Waals surface area contributed by atoms with Gasteiger partial charge < -0.3 is 24.4 Å². The first-order valence-electron chi connectivity index (χ1n) is 15.2. The minimum absolute atomic E-state index is 0.00767. The van der Waals surface area contributed by atoms with Crippen molar-refractivity contribution in [2.45, 2.75) is 39.2 Å². The van der Waals surface area contributed by atoms with Crippen LogP contribution in [-0.4, -0.2) is 52.6 Å². The van der Waals surface area contributed by atoms with Crippen molar-refractivity contribution in [2.75, 3.05) is 36.5 Å². The van der Waals surface area contributed by atoms with Crippen LogP contribution in [-0.2, 0) is 11.8 Å². The second kappa shape index (κ2) is 12.5. The SMILES string of the molecule is CCCCC1c2ccccc2C(=O)N1c1cccc(-c2cn(C)c(=O)c(Nc3ccc(C(=O)N4CCOCC4)cc3)n2)c1C. The lowest BCUT2D eigenvalue weighted by Gasteiger charge is -2.28. The molecule has 1 atom stereocenters. The van der Waals surface area contributed by atoms with Gasteiger partial charge in [0.25, 0.3) is 17.4 Å². The Morgan fingerprint density at radius 2 is 1.70 bits per heavy atom. The Balaban J connectivity index is 1.30. The van der Waals surface area contributed by atoms with Gasteiger partial charge in [-0.15, -0.1) is 0 Å². The van der Waals surface area contributed by atoms with Crippen LogP contribution in [0.1, 0.15) is 64.1 Å². The maximum absolute atomic E-state index is 13.7. The molecule has 6 rings (SSSR count). The van der Waals surface area contributed by atoms with Gasteiger partial charge in [0.1, 0.15) is 0 Å². The van der Waals surface area contributed by atoms with Crippen LogP contribution in [0.3, 0.4) is 0 Å². The third-order valence-electron chi connectivity index (χ3n) is 8.52. The van der Waals surface area contributed by atoms with Crippen LogP contribution < -0.4 is 15.8 Å². The van der Waals surface area contributed by atoms with Crippen molar-refractivity contribution in [3.63, 3.8) is 0 Å². The monoisotopic (exact) mass is 591 g/mol. The summed E-state index contributed by atoms with van der Waals surface area (Å²) in [5, 5.41) is 3.15. The van der Waals surface area contributed by atoms with Gasteiger partial charge in [-0.1, -0.05) is 50.1 Å². The summed E-state index contributed by atoms with van der Waals surface area (Å²) in [6.45, 7) is 6.40. The van der Waals surface area contributed by atoms with E-state index in [4.69, 9.17) is 9.72 Å². The Hall–Kier alpha value is -4.76. The van der Waals surface area contributed by atoms with E-state index in [1.165, 1.54) is 4.57 Å². The summed E-state index contributed by atoms with van der Waals surface area (Å²) in [7, 11) is 1.70. The van der Waals surface area contributed by atoms with Gasteiger partial charge in [-0.25, -0.2) is 4.98 Å². The molecule has 0 saturated carbocycles. The number of anilines is 3. The molecular formula is C35H37N5O4. The second-order valence-corrected chi connectivity index (χ2v) is 11.4. The van der Waals surface area contributed by atoms with Crippen molar-refractivity contribution >= 4 is 29.0 Å². The molecule has 0 spiro atoms. The molecule has 3 aromatic carbocycles. The number of hydrogen-bond donors (Lipinski definition) is 1. The zero-order valence-electron chi connectivity index (χ0n) is 25.4. The van der Waals surface area contributed by atoms with Crippen molar-refractivity contribution in [3.8, 4) is 11.3 Å². The maximum Gasteiger partial charge on any atom is 0.293 e. The predicted octanol–water partition coefficient (Wildman–Crippen LogP) is 5.86. The van der Waals surface area contributed by atoms with Crippen LogP contribution in [0.5, 0.6) is 0 Å². The number of rotatable bonds is 8. The molecule has 2 aliphatic heterocycles. The quantitative estimate of drug-likeness (QED) is 0.276. The van der Waals surface area contributed by atoms with Crippen molar-refractivity contribution in [2.24, 2.45) is 7.05 Å². The molecule has 226 valence electrons. The molecule has 2 aliphatic rings. The van der Waals surface area contributed by atoms with Crippen LogP contribution in [0.25, 0.3) is 11.3 Å². The van der Waals surface area contributed by atoms with Gasteiger partial charge in [0.2, 0.25) is 0 Å². The van der Waals surface area contributed by atoms with Crippen LogP contribution in [0.2, 0.25) is 0 Å². The van der Waals surface area contributed by atoms with E-state index in [-0.39, 0.29) is 29.2 Å². The molecule has 0 aliphatic carbocycles. The van der Waals surface area contributed by atoms with E-state index < -0.39 is 0 Å².